The number of methoxy groups -OCH3 is 1. The third-order valence-corrected chi connectivity index (χ3v) is 5.81. The number of amides is 1. The van der Waals surface area contributed by atoms with Crippen LogP contribution in [-0.2, 0) is 16.1 Å². The summed E-state index contributed by atoms with van der Waals surface area (Å²) in [7, 11) is 3.40. The third kappa shape index (κ3) is 3.72. The number of likely N-dealkylation sites (tertiary alicyclic amines) is 1. The third-order valence-electron chi connectivity index (χ3n) is 5.81. The summed E-state index contributed by atoms with van der Waals surface area (Å²) >= 11 is 0. The summed E-state index contributed by atoms with van der Waals surface area (Å²) in [6, 6.07) is 8.11. The molecular formula is C20H29N3O3. The minimum Gasteiger partial charge on any atom is -0.497 e. The van der Waals surface area contributed by atoms with Gasteiger partial charge in [0.25, 0.3) is 0 Å². The molecule has 26 heavy (non-hydrogen) atoms. The molecule has 1 saturated carbocycles. The van der Waals surface area contributed by atoms with Gasteiger partial charge in [0.2, 0.25) is 5.91 Å². The largest absolute Gasteiger partial charge is 0.497 e. The molecule has 0 bridgehead atoms. The lowest BCUT2D eigenvalue weighted by Gasteiger charge is -2.55. The van der Waals surface area contributed by atoms with Crippen molar-refractivity contribution in [3.8, 4) is 5.75 Å². The molecule has 6 heteroatoms. The number of likely N-dealkylation sites (N-methyl/N-ethyl adjacent to an activating group) is 1. The molecule has 0 radical (unpaired) electrons. The highest BCUT2D eigenvalue weighted by Gasteiger charge is 2.50. The Morgan fingerprint density at radius 2 is 2.00 bits per heavy atom. The number of carbonyl (C=O) groups excluding carboxylic acids is 1. The highest BCUT2D eigenvalue weighted by Crippen LogP contribution is 2.36. The van der Waals surface area contributed by atoms with Crippen molar-refractivity contribution in [2.24, 2.45) is 5.92 Å². The van der Waals surface area contributed by atoms with Gasteiger partial charge >= 0.3 is 0 Å². The molecule has 3 fully saturated rings. The van der Waals surface area contributed by atoms with Gasteiger partial charge in [0, 0.05) is 39.8 Å². The van der Waals surface area contributed by atoms with Crippen molar-refractivity contribution in [1.29, 1.82) is 0 Å². The maximum Gasteiger partial charge on any atom is 0.239 e. The maximum atomic E-state index is 12.2. The van der Waals surface area contributed by atoms with Crippen LogP contribution in [0.25, 0.3) is 0 Å². The van der Waals surface area contributed by atoms with E-state index in [1.165, 1.54) is 18.4 Å². The van der Waals surface area contributed by atoms with Gasteiger partial charge in [0.15, 0.2) is 0 Å². The predicted molar refractivity (Wildman–Crippen MR) is 99.1 cm³/mol. The standard InChI is InChI=1S/C20H29N3O3/c1-21-19(24)18-11-26-20(14-23(18)10-16-3-4-16)12-22(13-20)9-15-5-7-17(25-2)8-6-15/h5-8,16,18H,3-4,9-14H2,1-2H3,(H,21,24)/t18-/m1/s1. The zero-order chi connectivity index (χ0) is 18.1. The average molecular weight is 359 g/mol. The Balaban J connectivity index is 1.34. The van der Waals surface area contributed by atoms with Gasteiger partial charge in [-0.3, -0.25) is 14.6 Å². The van der Waals surface area contributed by atoms with Crippen molar-refractivity contribution in [3.63, 3.8) is 0 Å². The van der Waals surface area contributed by atoms with E-state index in [2.05, 4.69) is 27.2 Å². The Bertz CT molecular complexity index is 638. The van der Waals surface area contributed by atoms with Crippen LogP contribution in [0.5, 0.6) is 5.75 Å². The van der Waals surface area contributed by atoms with E-state index in [-0.39, 0.29) is 17.6 Å². The highest BCUT2D eigenvalue weighted by atomic mass is 16.5. The molecule has 1 aromatic rings. The Kier molecular flexibility index (Phi) is 4.90. The van der Waals surface area contributed by atoms with E-state index in [0.29, 0.717) is 6.61 Å². The molecule has 0 aromatic heterocycles. The molecule has 4 rings (SSSR count). The molecule has 3 aliphatic rings. The Hall–Kier alpha value is -1.63. The van der Waals surface area contributed by atoms with Gasteiger partial charge in [0.1, 0.15) is 17.4 Å². The van der Waals surface area contributed by atoms with Crippen molar-refractivity contribution in [2.45, 2.75) is 31.0 Å². The van der Waals surface area contributed by atoms with Crippen LogP contribution in [0.3, 0.4) is 0 Å². The average Bonchev–Trinajstić information content (AvgIpc) is 3.45. The monoisotopic (exact) mass is 359 g/mol. The van der Waals surface area contributed by atoms with Crippen molar-refractivity contribution in [3.05, 3.63) is 29.8 Å². The van der Waals surface area contributed by atoms with Crippen LogP contribution in [0.15, 0.2) is 24.3 Å². The van der Waals surface area contributed by atoms with Crippen LogP contribution in [0, 0.1) is 5.92 Å². The molecule has 2 heterocycles. The van der Waals surface area contributed by atoms with Crippen LogP contribution in [0.4, 0.5) is 0 Å². The first-order chi connectivity index (χ1) is 12.6. The van der Waals surface area contributed by atoms with Crippen LogP contribution in [-0.4, -0.2) is 74.3 Å². The molecule has 0 unspecified atom stereocenters. The van der Waals surface area contributed by atoms with Gasteiger partial charge in [-0.2, -0.15) is 0 Å². The second kappa shape index (κ2) is 7.18. The number of morpholine rings is 1. The summed E-state index contributed by atoms with van der Waals surface area (Å²) in [5.41, 5.74) is 1.18. The van der Waals surface area contributed by atoms with Crippen LogP contribution >= 0.6 is 0 Å². The first kappa shape index (κ1) is 17.8. The quantitative estimate of drug-likeness (QED) is 0.825. The van der Waals surface area contributed by atoms with Gasteiger partial charge < -0.3 is 14.8 Å². The van der Waals surface area contributed by atoms with Gasteiger partial charge in [-0.1, -0.05) is 12.1 Å². The fourth-order valence-electron chi connectivity index (χ4n) is 4.18. The van der Waals surface area contributed by atoms with Gasteiger partial charge in [0.05, 0.1) is 13.7 Å². The lowest BCUT2D eigenvalue weighted by Crippen LogP contribution is -2.72. The SMILES string of the molecule is CNC(=O)[C@H]1COC2(CN(Cc3ccc(OC)cc3)C2)CN1CC1CC1. The van der Waals surface area contributed by atoms with Crippen molar-refractivity contribution < 1.29 is 14.3 Å². The number of rotatable bonds is 6. The van der Waals surface area contributed by atoms with Crippen LogP contribution in [0.2, 0.25) is 0 Å². The number of benzene rings is 1. The summed E-state index contributed by atoms with van der Waals surface area (Å²) < 4.78 is 11.4. The summed E-state index contributed by atoms with van der Waals surface area (Å²) in [5.74, 6) is 1.74. The molecule has 1 atom stereocenters. The normalized spacial score (nSPS) is 25.7. The zero-order valence-electron chi connectivity index (χ0n) is 15.7. The maximum absolute atomic E-state index is 12.2. The zero-order valence-corrected chi connectivity index (χ0v) is 15.7. The smallest absolute Gasteiger partial charge is 0.239 e. The molecule has 6 nitrogen and oxygen atoms in total. The number of carbonyl (C=O) groups is 1. The number of nitrogens with one attached hydrogen (secondary N) is 1. The van der Waals surface area contributed by atoms with E-state index in [4.69, 9.17) is 9.47 Å². The van der Waals surface area contributed by atoms with E-state index in [1.807, 2.05) is 12.1 Å². The van der Waals surface area contributed by atoms with E-state index >= 15 is 0 Å². The van der Waals surface area contributed by atoms with E-state index in [0.717, 1.165) is 44.4 Å². The minimum absolute atomic E-state index is 0.0786. The Labute approximate surface area is 155 Å². The van der Waals surface area contributed by atoms with E-state index < -0.39 is 0 Å². The Morgan fingerprint density at radius 3 is 2.62 bits per heavy atom. The van der Waals surface area contributed by atoms with Gasteiger partial charge in [-0.05, 0) is 36.5 Å². The fraction of sp³-hybridized carbons (Fsp3) is 0.650. The number of nitrogens with zero attached hydrogens (tertiary/aromatic N) is 2. The van der Waals surface area contributed by atoms with E-state index in [9.17, 15) is 4.79 Å². The predicted octanol–water partition coefficient (Wildman–Crippen LogP) is 1.11. The van der Waals surface area contributed by atoms with Crippen molar-refractivity contribution in [2.75, 3.05) is 46.9 Å². The van der Waals surface area contributed by atoms with Gasteiger partial charge in [-0.15, -0.1) is 0 Å². The first-order valence-electron chi connectivity index (χ1n) is 9.56. The highest BCUT2D eigenvalue weighted by molar-refractivity contribution is 5.81. The molecule has 1 aromatic carbocycles. The minimum atomic E-state index is -0.137. The lowest BCUT2D eigenvalue weighted by molar-refractivity contribution is -0.203. The lowest BCUT2D eigenvalue weighted by atomic mass is 9.89. The topological polar surface area (TPSA) is 54.0 Å². The second-order valence-corrected chi connectivity index (χ2v) is 7.99. The number of ether oxygens (including phenoxy) is 2. The molecule has 1 amide bonds. The van der Waals surface area contributed by atoms with Crippen molar-refractivity contribution in [1.82, 2.24) is 15.1 Å². The summed E-state index contributed by atoms with van der Waals surface area (Å²) in [6.07, 6.45) is 2.60. The number of hydrogen-bond acceptors (Lipinski definition) is 5. The van der Waals surface area contributed by atoms with Gasteiger partial charge in [-0.25, -0.2) is 0 Å². The molecule has 2 aliphatic heterocycles. The molecule has 1 N–H and O–H groups in total. The molecule has 142 valence electrons. The van der Waals surface area contributed by atoms with Crippen molar-refractivity contribution >= 4 is 5.91 Å². The fourth-order valence-corrected chi connectivity index (χ4v) is 4.18. The Morgan fingerprint density at radius 1 is 1.27 bits per heavy atom. The molecule has 1 spiro atoms. The number of hydrogen-bond donors (Lipinski definition) is 1. The van der Waals surface area contributed by atoms with Crippen LogP contribution in [0.1, 0.15) is 18.4 Å². The summed E-state index contributed by atoms with van der Waals surface area (Å²) in [4.78, 5) is 17.0. The van der Waals surface area contributed by atoms with E-state index in [1.54, 1.807) is 14.2 Å². The molecule has 2 saturated heterocycles. The second-order valence-electron chi connectivity index (χ2n) is 7.99. The summed E-state index contributed by atoms with van der Waals surface area (Å²) in [6.45, 7) is 5.18. The summed E-state index contributed by atoms with van der Waals surface area (Å²) in [5, 5.41) is 2.79. The first-order valence-corrected chi connectivity index (χ1v) is 9.56. The van der Waals surface area contributed by atoms with Crippen LogP contribution < -0.4 is 10.1 Å². The molecule has 1 aliphatic carbocycles. The molecular weight excluding hydrogens is 330 g/mol.